The van der Waals surface area contributed by atoms with Gasteiger partial charge in [-0.25, -0.2) is 9.97 Å². The summed E-state index contributed by atoms with van der Waals surface area (Å²) in [5, 5.41) is 6.41. The molecule has 2 aromatic heterocycles. The summed E-state index contributed by atoms with van der Waals surface area (Å²) in [6, 6.07) is 0.806. The van der Waals surface area contributed by atoms with Crippen molar-refractivity contribution in [1.82, 2.24) is 25.1 Å². The summed E-state index contributed by atoms with van der Waals surface area (Å²) < 4.78 is 44.9. The first kappa shape index (κ1) is 20.6. The van der Waals surface area contributed by atoms with Gasteiger partial charge in [-0.15, -0.1) is 0 Å². The van der Waals surface area contributed by atoms with E-state index >= 15 is 0 Å². The van der Waals surface area contributed by atoms with Gasteiger partial charge in [-0.3, -0.25) is 9.48 Å². The van der Waals surface area contributed by atoms with Crippen molar-refractivity contribution in [2.45, 2.75) is 51.6 Å². The number of hydrogen-bond donors (Lipinski definition) is 1. The van der Waals surface area contributed by atoms with Crippen molar-refractivity contribution in [3.05, 3.63) is 34.9 Å². The molecule has 2 aliphatic heterocycles. The quantitative estimate of drug-likeness (QED) is 0.807. The number of ether oxygens (including phenoxy) is 1. The Balaban J connectivity index is 1.37. The minimum Gasteiger partial charge on any atom is -0.376 e. The SMILES string of the molecule is Cc1cc(C(F)(F)F)nn1CC(=O)NC1CCCN(c2ncc3c(n2)CCOC3)C1. The van der Waals surface area contributed by atoms with Crippen LogP contribution in [0, 0.1) is 6.92 Å². The van der Waals surface area contributed by atoms with Crippen LogP contribution in [0.5, 0.6) is 0 Å². The van der Waals surface area contributed by atoms with E-state index in [4.69, 9.17) is 4.74 Å². The van der Waals surface area contributed by atoms with Crippen molar-refractivity contribution < 1.29 is 22.7 Å². The third-order valence-corrected chi connectivity index (χ3v) is 5.32. The van der Waals surface area contributed by atoms with E-state index in [0.717, 1.165) is 47.8 Å². The number of hydrogen-bond acceptors (Lipinski definition) is 6. The van der Waals surface area contributed by atoms with Gasteiger partial charge >= 0.3 is 6.18 Å². The number of alkyl halides is 3. The van der Waals surface area contributed by atoms with E-state index in [2.05, 4.69) is 20.4 Å². The molecule has 1 unspecified atom stereocenters. The molecule has 1 fully saturated rings. The zero-order valence-corrected chi connectivity index (χ0v) is 16.6. The Bertz CT molecular complexity index is 929. The van der Waals surface area contributed by atoms with Gasteiger partial charge in [-0.1, -0.05) is 0 Å². The van der Waals surface area contributed by atoms with Gasteiger partial charge in [0.15, 0.2) is 5.69 Å². The summed E-state index contributed by atoms with van der Waals surface area (Å²) in [6.07, 6.45) is -0.350. The van der Waals surface area contributed by atoms with Gasteiger partial charge in [0.1, 0.15) is 6.54 Å². The van der Waals surface area contributed by atoms with Crippen LogP contribution in [0.1, 0.15) is 35.5 Å². The average molecular weight is 424 g/mol. The standard InChI is InChI=1S/C19H23F3N6O2/c1-12-7-16(19(20,21)22)26-28(12)10-17(29)24-14-3-2-5-27(9-14)18-23-8-13-11-30-6-4-15(13)25-18/h7-8,14H,2-6,9-11H2,1H3,(H,24,29). The zero-order chi connectivity index (χ0) is 21.3. The van der Waals surface area contributed by atoms with Gasteiger partial charge in [0.25, 0.3) is 0 Å². The van der Waals surface area contributed by atoms with Crippen LogP contribution in [0.15, 0.2) is 12.3 Å². The van der Waals surface area contributed by atoms with E-state index in [-0.39, 0.29) is 24.2 Å². The van der Waals surface area contributed by atoms with E-state index in [1.165, 1.54) is 6.92 Å². The smallest absolute Gasteiger partial charge is 0.376 e. The lowest BCUT2D eigenvalue weighted by Crippen LogP contribution is -2.49. The third-order valence-electron chi connectivity index (χ3n) is 5.32. The highest BCUT2D eigenvalue weighted by Gasteiger charge is 2.34. The predicted octanol–water partition coefficient (Wildman–Crippen LogP) is 1.86. The number of aryl methyl sites for hydroxylation is 1. The Morgan fingerprint density at radius 1 is 1.40 bits per heavy atom. The minimum atomic E-state index is -4.53. The molecule has 2 aliphatic rings. The lowest BCUT2D eigenvalue weighted by Gasteiger charge is -2.33. The van der Waals surface area contributed by atoms with Crippen LogP contribution in [0.4, 0.5) is 19.1 Å². The highest BCUT2D eigenvalue weighted by molar-refractivity contribution is 5.76. The first-order valence-corrected chi connectivity index (χ1v) is 9.88. The normalized spacial score (nSPS) is 19.5. The number of nitrogens with zero attached hydrogens (tertiary/aromatic N) is 5. The molecule has 1 atom stereocenters. The molecule has 0 radical (unpaired) electrons. The number of nitrogens with one attached hydrogen (secondary N) is 1. The van der Waals surface area contributed by atoms with Crippen molar-refractivity contribution in [3.63, 3.8) is 0 Å². The molecule has 0 aliphatic carbocycles. The van der Waals surface area contributed by atoms with E-state index in [1.54, 1.807) is 6.20 Å². The molecule has 4 heterocycles. The largest absolute Gasteiger partial charge is 0.435 e. The van der Waals surface area contributed by atoms with Crippen LogP contribution in [0.25, 0.3) is 0 Å². The van der Waals surface area contributed by atoms with Crippen molar-refractivity contribution in [3.8, 4) is 0 Å². The second-order valence-electron chi connectivity index (χ2n) is 7.62. The molecular formula is C19H23F3N6O2. The topological polar surface area (TPSA) is 85.2 Å². The van der Waals surface area contributed by atoms with Crippen LogP contribution in [0.2, 0.25) is 0 Å². The Kier molecular flexibility index (Phi) is 5.63. The maximum atomic E-state index is 12.8. The number of carbonyl (C=O) groups is 1. The molecule has 162 valence electrons. The van der Waals surface area contributed by atoms with Crippen LogP contribution in [0.3, 0.4) is 0 Å². The van der Waals surface area contributed by atoms with Gasteiger partial charge in [0.2, 0.25) is 11.9 Å². The zero-order valence-electron chi connectivity index (χ0n) is 16.6. The van der Waals surface area contributed by atoms with Crippen molar-refractivity contribution in [2.24, 2.45) is 0 Å². The highest BCUT2D eigenvalue weighted by Crippen LogP contribution is 2.28. The predicted molar refractivity (Wildman–Crippen MR) is 101 cm³/mol. The lowest BCUT2D eigenvalue weighted by molar-refractivity contribution is -0.141. The van der Waals surface area contributed by atoms with Crippen LogP contribution < -0.4 is 10.2 Å². The van der Waals surface area contributed by atoms with Crippen molar-refractivity contribution in [2.75, 3.05) is 24.6 Å². The maximum Gasteiger partial charge on any atom is 0.435 e. The first-order chi connectivity index (χ1) is 14.3. The summed E-state index contributed by atoms with van der Waals surface area (Å²) in [4.78, 5) is 23.5. The summed E-state index contributed by atoms with van der Waals surface area (Å²) in [6.45, 7) is 3.74. The first-order valence-electron chi connectivity index (χ1n) is 9.88. The Morgan fingerprint density at radius 2 is 2.23 bits per heavy atom. The van der Waals surface area contributed by atoms with Gasteiger partial charge in [0, 0.05) is 43.0 Å². The van der Waals surface area contributed by atoms with E-state index < -0.39 is 11.9 Å². The molecule has 2 aromatic rings. The Morgan fingerprint density at radius 3 is 3.00 bits per heavy atom. The molecule has 8 nitrogen and oxygen atoms in total. The fourth-order valence-electron chi connectivity index (χ4n) is 3.77. The summed E-state index contributed by atoms with van der Waals surface area (Å²) in [5.74, 6) is 0.262. The van der Waals surface area contributed by atoms with Gasteiger partial charge < -0.3 is 15.0 Å². The second-order valence-corrected chi connectivity index (χ2v) is 7.62. The van der Waals surface area contributed by atoms with Gasteiger partial charge in [-0.05, 0) is 25.8 Å². The Hall–Kier alpha value is -2.69. The molecule has 0 spiro atoms. The summed E-state index contributed by atoms with van der Waals surface area (Å²) in [7, 11) is 0. The number of rotatable bonds is 4. The monoisotopic (exact) mass is 424 g/mol. The molecular weight excluding hydrogens is 401 g/mol. The number of halogens is 3. The number of carbonyl (C=O) groups excluding carboxylic acids is 1. The summed E-state index contributed by atoms with van der Waals surface area (Å²) in [5.41, 5.74) is 1.28. The number of amides is 1. The van der Waals surface area contributed by atoms with Gasteiger partial charge in [-0.2, -0.15) is 18.3 Å². The lowest BCUT2D eigenvalue weighted by atomic mass is 10.1. The van der Waals surface area contributed by atoms with Crippen LogP contribution in [-0.2, 0) is 35.3 Å². The third kappa shape index (κ3) is 4.55. The van der Waals surface area contributed by atoms with E-state index in [9.17, 15) is 18.0 Å². The molecule has 1 amide bonds. The minimum absolute atomic E-state index is 0.132. The van der Waals surface area contributed by atoms with Gasteiger partial charge in [0.05, 0.1) is 18.9 Å². The molecule has 0 aromatic carbocycles. The number of fused-ring (bicyclic) bond motifs is 1. The molecule has 1 saturated heterocycles. The van der Waals surface area contributed by atoms with Crippen molar-refractivity contribution >= 4 is 11.9 Å². The van der Waals surface area contributed by atoms with E-state index in [1.807, 2.05) is 4.90 Å². The number of anilines is 1. The maximum absolute atomic E-state index is 12.8. The molecule has 0 bridgehead atoms. The summed E-state index contributed by atoms with van der Waals surface area (Å²) >= 11 is 0. The molecule has 0 saturated carbocycles. The number of aromatic nitrogens is 4. The van der Waals surface area contributed by atoms with E-state index in [0.29, 0.717) is 25.7 Å². The molecule has 1 N–H and O–H groups in total. The van der Waals surface area contributed by atoms with Crippen LogP contribution in [-0.4, -0.2) is 51.4 Å². The second kappa shape index (κ2) is 8.21. The fourth-order valence-corrected chi connectivity index (χ4v) is 3.77. The van der Waals surface area contributed by atoms with Crippen LogP contribution >= 0.6 is 0 Å². The molecule has 11 heteroatoms. The number of piperidine rings is 1. The average Bonchev–Trinajstić information content (AvgIpc) is 3.08. The highest BCUT2D eigenvalue weighted by atomic mass is 19.4. The van der Waals surface area contributed by atoms with Crippen molar-refractivity contribution in [1.29, 1.82) is 0 Å². The Labute approximate surface area is 171 Å². The molecule has 4 rings (SSSR count). The fraction of sp³-hybridized carbons (Fsp3) is 0.579. The molecule has 30 heavy (non-hydrogen) atoms.